The molecule has 0 radical (unpaired) electrons. The Morgan fingerprint density at radius 2 is 1.67 bits per heavy atom. The molecule has 0 unspecified atom stereocenters. The van der Waals surface area contributed by atoms with Crippen LogP contribution in [0.4, 0.5) is 15.8 Å². The molecule has 1 atom stereocenters. The van der Waals surface area contributed by atoms with Crippen molar-refractivity contribution in [2.75, 3.05) is 10.6 Å². The van der Waals surface area contributed by atoms with Crippen molar-refractivity contribution in [2.45, 2.75) is 26.4 Å². The summed E-state index contributed by atoms with van der Waals surface area (Å²) < 4.78 is 18.7. The summed E-state index contributed by atoms with van der Waals surface area (Å²) >= 11 is 5.87. The zero-order valence-electron chi connectivity index (χ0n) is 14.7. The molecule has 6 nitrogen and oxygen atoms in total. The molecule has 2 aromatic carbocycles. The highest BCUT2D eigenvalue weighted by molar-refractivity contribution is 6.31. The largest absolute Gasteiger partial charge is 0.452 e. The number of anilines is 2. The van der Waals surface area contributed by atoms with Crippen LogP contribution in [0.2, 0.25) is 5.02 Å². The Hall–Kier alpha value is -2.93. The predicted molar refractivity (Wildman–Crippen MR) is 100 cm³/mol. The molecule has 0 aliphatic heterocycles. The van der Waals surface area contributed by atoms with Crippen LogP contribution in [0.25, 0.3) is 0 Å². The van der Waals surface area contributed by atoms with Gasteiger partial charge in [0.1, 0.15) is 5.82 Å². The molecule has 0 saturated carbocycles. The number of hydrogen-bond donors (Lipinski definition) is 2. The van der Waals surface area contributed by atoms with Crippen LogP contribution in [0.15, 0.2) is 42.5 Å². The molecule has 0 aliphatic rings. The molecule has 2 amide bonds. The Morgan fingerprint density at radius 1 is 1.07 bits per heavy atom. The minimum Gasteiger partial charge on any atom is -0.452 e. The number of amides is 2. The predicted octanol–water partition coefficient (Wildman–Crippen LogP) is 3.55. The molecule has 2 aromatic rings. The van der Waals surface area contributed by atoms with Crippen LogP contribution in [0.1, 0.15) is 19.4 Å². The maximum Gasteiger partial charge on any atom is 0.311 e. The molecule has 0 saturated heterocycles. The van der Waals surface area contributed by atoms with E-state index in [4.69, 9.17) is 16.3 Å². The van der Waals surface area contributed by atoms with E-state index in [9.17, 15) is 18.8 Å². The van der Waals surface area contributed by atoms with Crippen LogP contribution < -0.4 is 10.6 Å². The van der Waals surface area contributed by atoms with Crippen molar-refractivity contribution in [1.82, 2.24) is 0 Å². The highest BCUT2D eigenvalue weighted by Crippen LogP contribution is 2.20. The number of nitrogens with one attached hydrogen (secondary N) is 2. The van der Waals surface area contributed by atoms with E-state index < -0.39 is 23.8 Å². The number of benzene rings is 2. The molecule has 2 N–H and O–H groups in total. The van der Waals surface area contributed by atoms with Crippen molar-refractivity contribution >= 4 is 40.8 Å². The van der Waals surface area contributed by atoms with Gasteiger partial charge in [0.2, 0.25) is 5.91 Å². The van der Waals surface area contributed by atoms with Crippen molar-refractivity contribution in [3.8, 4) is 0 Å². The average molecular weight is 393 g/mol. The summed E-state index contributed by atoms with van der Waals surface area (Å²) in [6.07, 6.45) is -1.47. The van der Waals surface area contributed by atoms with E-state index in [0.717, 1.165) is 0 Å². The normalized spacial score (nSPS) is 11.4. The van der Waals surface area contributed by atoms with Crippen LogP contribution in [0, 0.1) is 5.82 Å². The Labute approximate surface area is 160 Å². The van der Waals surface area contributed by atoms with Crippen LogP contribution in [0.3, 0.4) is 0 Å². The van der Waals surface area contributed by atoms with Crippen molar-refractivity contribution in [2.24, 2.45) is 0 Å². The lowest BCUT2D eigenvalue weighted by Crippen LogP contribution is -2.30. The lowest BCUT2D eigenvalue weighted by molar-refractivity contribution is -0.152. The molecule has 0 heterocycles. The highest BCUT2D eigenvalue weighted by Gasteiger charge is 2.20. The zero-order valence-corrected chi connectivity index (χ0v) is 15.5. The third-order valence-electron chi connectivity index (χ3n) is 3.53. The fourth-order valence-corrected chi connectivity index (χ4v) is 2.45. The summed E-state index contributed by atoms with van der Waals surface area (Å²) in [6, 6.07) is 10.5. The van der Waals surface area contributed by atoms with E-state index in [2.05, 4.69) is 10.6 Å². The van der Waals surface area contributed by atoms with Gasteiger partial charge in [0.15, 0.2) is 6.10 Å². The van der Waals surface area contributed by atoms with Crippen LogP contribution in [-0.2, 0) is 25.5 Å². The minimum absolute atomic E-state index is 0.0188. The lowest BCUT2D eigenvalue weighted by atomic mass is 10.1. The highest BCUT2D eigenvalue weighted by atomic mass is 35.5. The minimum atomic E-state index is -1.09. The molecule has 0 aliphatic carbocycles. The molecule has 8 heteroatoms. The number of hydrogen-bond acceptors (Lipinski definition) is 4. The number of esters is 1. The van der Waals surface area contributed by atoms with Crippen molar-refractivity contribution in [3.05, 3.63) is 58.9 Å². The summed E-state index contributed by atoms with van der Waals surface area (Å²) in [5.74, 6) is -2.14. The summed E-state index contributed by atoms with van der Waals surface area (Å²) in [5, 5.41) is 5.30. The van der Waals surface area contributed by atoms with E-state index in [0.29, 0.717) is 11.4 Å². The standard InChI is InChI=1S/C19H18ClFN2O4/c1-11(27-18(25)10-15-16(20)4-3-5-17(15)21)19(26)23-14-8-6-13(7-9-14)22-12(2)24/h3-9,11H,10H2,1-2H3,(H,22,24)(H,23,26)/t11-/m1/s1. The molecule has 0 aromatic heterocycles. The van der Waals surface area contributed by atoms with E-state index in [1.165, 1.54) is 32.0 Å². The molecule has 142 valence electrons. The Morgan fingerprint density at radius 3 is 2.22 bits per heavy atom. The van der Waals surface area contributed by atoms with Gasteiger partial charge < -0.3 is 15.4 Å². The van der Waals surface area contributed by atoms with Gasteiger partial charge in [-0.15, -0.1) is 0 Å². The summed E-state index contributed by atoms with van der Waals surface area (Å²) in [4.78, 5) is 35.1. The topological polar surface area (TPSA) is 84.5 Å². The summed E-state index contributed by atoms with van der Waals surface area (Å²) in [6.45, 7) is 2.79. The van der Waals surface area contributed by atoms with Gasteiger partial charge in [0, 0.05) is 28.9 Å². The fourth-order valence-electron chi connectivity index (χ4n) is 2.22. The molecule has 0 spiro atoms. The first-order valence-electron chi connectivity index (χ1n) is 8.07. The van der Waals surface area contributed by atoms with E-state index >= 15 is 0 Å². The maximum atomic E-state index is 13.7. The monoisotopic (exact) mass is 392 g/mol. The third kappa shape index (κ3) is 6.07. The smallest absolute Gasteiger partial charge is 0.311 e. The van der Waals surface area contributed by atoms with Gasteiger partial charge in [-0.05, 0) is 43.3 Å². The van der Waals surface area contributed by atoms with E-state index in [-0.39, 0.29) is 22.9 Å². The first-order chi connectivity index (χ1) is 12.8. The Balaban J connectivity index is 1.91. The Bertz CT molecular complexity index is 835. The summed E-state index contributed by atoms with van der Waals surface area (Å²) in [7, 11) is 0. The van der Waals surface area contributed by atoms with Crippen LogP contribution in [-0.4, -0.2) is 23.9 Å². The fraction of sp³-hybridized carbons (Fsp3) is 0.211. The van der Waals surface area contributed by atoms with Crippen molar-refractivity contribution < 1.29 is 23.5 Å². The van der Waals surface area contributed by atoms with E-state index in [1.807, 2.05) is 0 Å². The first kappa shape index (κ1) is 20.4. The second-order valence-corrected chi connectivity index (χ2v) is 6.16. The van der Waals surface area contributed by atoms with Gasteiger partial charge in [0.25, 0.3) is 5.91 Å². The number of carbonyl (C=O) groups is 3. The van der Waals surface area contributed by atoms with Gasteiger partial charge in [-0.2, -0.15) is 0 Å². The SMILES string of the molecule is CC(=O)Nc1ccc(NC(=O)[C@@H](C)OC(=O)Cc2c(F)cccc2Cl)cc1. The molecular formula is C19H18ClFN2O4. The van der Waals surface area contributed by atoms with Gasteiger partial charge >= 0.3 is 5.97 Å². The number of carbonyl (C=O) groups excluding carboxylic acids is 3. The van der Waals surface area contributed by atoms with Gasteiger partial charge in [-0.25, -0.2) is 4.39 Å². The number of ether oxygens (including phenoxy) is 1. The second-order valence-electron chi connectivity index (χ2n) is 5.76. The molecule has 0 fully saturated rings. The van der Waals surface area contributed by atoms with Crippen molar-refractivity contribution in [3.63, 3.8) is 0 Å². The summed E-state index contributed by atoms with van der Waals surface area (Å²) in [5.41, 5.74) is 1.07. The molecule has 27 heavy (non-hydrogen) atoms. The molecular weight excluding hydrogens is 375 g/mol. The van der Waals surface area contributed by atoms with Crippen molar-refractivity contribution in [1.29, 1.82) is 0 Å². The quantitative estimate of drug-likeness (QED) is 0.736. The second kappa shape index (κ2) is 9.14. The van der Waals surface area contributed by atoms with E-state index in [1.54, 1.807) is 24.3 Å². The molecule has 2 rings (SSSR count). The first-order valence-corrected chi connectivity index (χ1v) is 8.45. The van der Waals surface area contributed by atoms with Gasteiger partial charge in [-0.3, -0.25) is 14.4 Å². The third-order valence-corrected chi connectivity index (χ3v) is 3.89. The van der Waals surface area contributed by atoms with Gasteiger partial charge in [-0.1, -0.05) is 17.7 Å². The average Bonchev–Trinajstić information content (AvgIpc) is 2.59. The van der Waals surface area contributed by atoms with Crippen LogP contribution in [0.5, 0.6) is 0 Å². The van der Waals surface area contributed by atoms with Gasteiger partial charge in [0.05, 0.1) is 6.42 Å². The zero-order chi connectivity index (χ0) is 20.0. The van der Waals surface area contributed by atoms with Crippen LogP contribution >= 0.6 is 11.6 Å². The lowest BCUT2D eigenvalue weighted by Gasteiger charge is -2.14. The Kier molecular flexibility index (Phi) is 6.90. The molecule has 0 bridgehead atoms. The maximum absolute atomic E-state index is 13.7. The number of rotatable bonds is 6. The number of halogens is 2.